The maximum Gasteiger partial charge on any atom is 0.347 e. The zero-order chi connectivity index (χ0) is 13.7. The Hall–Kier alpha value is -2.64. The summed E-state index contributed by atoms with van der Waals surface area (Å²) < 4.78 is 0. The van der Waals surface area contributed by atoms with Crippen molar-refractivity contribution in [1.82, 2.24) is 10.1 Å². The zero-order valence-electron chi connectivity index (χ0n) is 9.99. The molecule has 1 rings (SSSR count). The van der Waals surface area contributed by atoms with Gasteiger partial charge >= 0.3 is 12.1 Å². The summed E-state index contributed by atoms with van der Waals surface area (Å²) in [5.74, 6) is 0.788. The van der Waals surface area contributed by atoms with Crippen LogP contribution < -0.4 is 21.1 Å². The molecule has 4 amide bonds. The van der Waals surface area contributed by atoms with Gasteiger partial charge in [-0.15, -0.1) is 0 Å². The fourth-order valence-electron chi connectivity index (χ4n) is 0.968. The minimum Gasteiger partial charge on any atom is -0.376 e. The van der Waals surface area contributed by atoms with Gasteiger partial charge in [-0.2, -0.15) is 10.1 Å². The molecule has 0 aliphatic rings. The van der Waals surface area contributed by atoms with Crippen molar-refractivity contribution < 1.29 is 19.3 Å². The van der Waals surface area contributed by atoms with Gasteiger partial charge in [0.05, 0.1) is 14.1 Å². The molecule has 18 heavy (non-hydrogen) atoms. The SMILES string of the molecule is CN(Oc1ccc(ON(C)C(N)=O)cc1)C(N)=O. The molecule has 98 valence electrons. The third kappa shape index (κ3) is 3.74. The lowest BCUT2D eigenvalue weighted by atomic mass is 10.3. The Balaban J connectivity index is 2.63. The summed E-state index contributed by atoms with van der Waals surface area (Å²) in [6.45, 7) is 0. The number of carbonyl (C=O) groups is 2. The molecular formula is C10H14N4O4. The van der Waals surface area contributed by atoms with Crippen LogP contribution in [0.1, 0.15) is 0 Å². The molecule has 0 saturated heterocycles. The van der Waals surface area contributed by atoms with E-state index in [1.165, 1.54) is 14.1 Å². The second-order valence-electron chi connectivity index (χ2n) is 3.33. The Morgan fingerprint density at radius 1 is 0.889 bits per heavy atom. The first-order valence-electron chi connectivity index (χ1n) is 4.92. The number of urea groups is 2. The summed E-state index contributed by atoms with van der Waals surface area (Å²) in [7, 11) is 2.77. The Kier molecular flexibility index (Phi) is 4.19. The van der Waals surface area contributed by atoms with E-state index in [1.807, 2.05) is 0 Å². The van der Waals surface area contributed by atoms with E-state index in [-0.39, 0.29) is 0 Å². The Labute approximate surface area is 104 Å². The molecule has 1 aromatic carbocycles. The first kappa shape index (κ1) is 13.4. The maximum atomic E-state index is 10.7. The highest BCUT2D eigenvalue weighted by molar-refractivity contribution is 5.71. The van der Waals surface area contributed by atoms with E-state index in [9.17, 15) is 9.59 Å². The number of nitrogens with zero attached hydrogens (tertiary/aromatic N) is 2. The van der Waals surface area contributed by atoms with Crippen molar-refractivity contribution in [3.05, 3.63) is 24.3 Å². The van der Waals surface area contributed by atoms with Gasteiger partial charge in [-0.3, -0.25) is 0 Å². The van der Waals surface area contributed by atoms with Gasteiger partial charge in [-0.1, -0.05) is 0 Å². The van der Waals surface area contributed by atoms with E-state index in [1.54, 1.807) is 24.3 Å². The van der Waals surface area contributed by atoms with Crippen molar-refractivity contribution in [2.24, 2.45) is 11.5 Å². The first-order chi connectivity index (χ1) is 8.40. The van der Waals surface area contributed by atoms with Crippen molar-refractivity contribution in [3.63, 3.8) is 0 Å². The van der Waals surface area contributed by atoms with Gasteiger partial charge < -0.3 is 21.1 Å². The number of benzene rings is 1. The molecular weight excluding hydrogens is 240 g/mol. The number of rotatable bonds is 4. The average molecular weight is 254 g/mol. The monoisotopic (exact) mass is 254 g/mol. The maximum absolute atomic E-state index is 10.7. The number of hydrogen-bond donors (Lipinski definition) is 2. The van der Waals surface area contributed by atoms with E-state index in [0.717, 1.165) is 10.1 Å². The highest BCUT2D eigenvalue weighted by Crippen LogP contribution is 2.18. The molecule has 0 unspecified atom stereocenters. The Morgan fingerprint density at radius 3 is 1.39 bits per heavy atom. The highest BCUT2D eigenvalue weighted by atomic mass is 16.7. The predicted molar refractivity (Wildman–Crippen MR) is 62.4 cm³/mol. The molecule has 0 radical (unpaired) electrons. The number of amides is 4. The predicted octanol–water partition coefficient (Wildman–Crippen LogP) is 0.295. The third-order valence-corrected chi connectivity index (χ3v) is 1.93. The van der Waals surface area contributed by atoms with Crippen LogP contribution in [0.4, 0.5) is 9.59 Å². The van der Waals surface area contributed by atoms with Crippen LogP contribution in [0.15, 0.2) is 24.3 Å². The lowest BCUT2D eigenvalue weighted by Crippen LogP contribution is -2.35. The van der Waals surface area contributed by atoms with Gasteiger partial charge in [-0.25, -0.2) is 9.59 Å². The summed E-state index contributed by atoms with van der Waals surface area (Å²) in [6, 6.07) is 4.74. The van der Waals surface area contributed by atoms with Gasteiger partial charge in [0.25, 0.3) is 0 Å². The quantitative estimate of drug-likeness (QED) is 0.752. The minimum absolute atomic E-state index is 0.394. The Bertz CT molecular complexity index is 393. The van der Waals surface area contributed by atoms with Crippen molar-refractivity contribution in [1.29, 1.82) is 0 Å². The van der Waals surface area contributed by atoms with Crippen LogP contribution in [0.5, 0.6) is 11.5 Å². The molecule has 0 aliphatic carbocycles. The van der Waals surface area contributed by atoms with Gasteiger partial charge in [0, 0.05) is 0 Å². The van der Waals surface area contributed by atoms with Gasteiger partial charge in [0.15, 0.2) is 11.5 Å². The van der Waals surface area contributed by atoms with Crippen molar-refractivity contribution in [2.45, 2.75) is 0 Å². The van der Waals surface area contributed by atoms with Crippen LogP contribution in [0.3, 0.4) is 0 Å². The van der Waals surface area contributed by atoms with E-state index in [2.05, 4.69) is 0 Å². The summed E-state index contributed by atoms with van der Waals surface area (Å²) in [6.07, 6.45) is 0. The molecule has 0 spiro atoms. The van der Waals surface area contributed by atoms with Crippen LogP contribution in [0.25, 0.3) is 0 Å². The van der Waals surface area contributed by atoms with Crippen molar-refractivity contribution >= 4 is 12.1 Å². The van der Waals surface area contributed by atoms with E-state index in [4.69, 9.17) is 21.1 Å². The normalized spacial score (nSPS) is 9.44. The molecule has 0 aromatic heterocycles. The second kappa shape index (κ2) is 5.62. The molecule has 8 nitrogen and oxygen atoms in total. The van der Waals surface area contributed by atoms with E-state index >= 15 is 0 Å². The largest absolute Gasteiger partial charge is 0.376 e. The van der Waals surface area contributed by atoms with Gasteiger partial charge in [0.2, 0.25) is 0 Å². The number of hydroxylamine groups is 4. The zero-order valence-corrected chi connectivity index (χ0v) is 9.99. The van der Waals surface area contributed by atoms with E-state index < -0.39 is 12.1 Å². The topological polar surface area (TPSA) is 111 Å². The summed E-state index contributed by atoms with van der Waals surface area (Å²) in [4.78, 5) is 31.6. The number of carbonyl (C=O) groups excluding carboxylic acids is 2. The summed E-state index contributed by atoms with van der Waals surface area (Å²) in [5, 5.41) is 1.76. The van der Waals surface area contributed by atoms with Crippen molar-refractivity contribution in [2.75, 3.05) is 14.1 Å². The molecule has 0 heterocycles. The number of nitrogens with two attached hydrogens (primary N) is 2. The minimum atomic E-state index is -0.719. The first-order valence-corrected chi connectivity index (χ1v) is 4.92. The summed E-state index contributed by atoms with van der Waals surface area (Å²) >= 11 is 0. The molecule has 0 aliphatic heterocycles. The van der Waals surface area contributed by atoms with E-state index in [0.29, 0.717) is 11.5 Å². The van der Waals surface area contributed by atoms with Crippen LogP contribution in [-0.4, -0.2) is 36.3 Å². The van der Waals surface area contributed by atoms with Gasteiger partial charge in [0.1, 0.15) is 0 Å². The van der Waals surface area contributed by atoms with Crippen molar-refractivity contribution in [3.8, 4) is 11.5 Å². The fourth-order valence-corrected chi connectivity index (χ4v) is 0.968. The molecule has 0 atom stereocenters. The standard InChI is InChI=1S/C10H14N4O4/c1-13(9(11)15)17-7-3-5-8(6-4-7)18-14(2)10(12)16/h3-6H,1-2H3,(H2,11,15)(H2,12,16). The molecule has 1 aromatic rings. The summed E-state index contributed by atoms with van der Waals surface area (Å²) in [5.41, 5.74) is 9.98. The lowest BCUT2D eigenvalue weighted by Gasteiger charge is -2.16. The van der Waals surface area contributed by atoms with Crippen LogP contribution in [0.2, 0.25) is 0 Å². The number of primary amides is 2. The number of hydrogen-bond acceptors (Lipinski definition) is 4. The second-order valence-corrected chi connectivity index (χ2v) is 3.33. The molecule has 0 bridgehead atoms. The lowest BCUT2D eigenvalue weighted by molar-refractivity contribution is 0.0127. The third-order valence-electron chi connectivity index (χ3n) is 1.93. The molecule has 0 fully saturated rings. The highest BCUT2D eigenvalue weighted by Gasteiger charge is 2.07. The molecule has 4 N–H and O–H groups in total. The van der Waals surface area contributed by atoms with Gasteiger partial charge in [-0.05, 0) is 24.3 Å². The smallest absolute Gasteiger partial charge is 0.347 e. The van der Waals surface area contributed by atoms with Crippen LogP contribution >= 0.6 is 0 Å². The average Bonchev–Trinajstić information content (AvgIpc) is 2.31. The van der Waals surface area contributed by atoms with Crippen LogP contribution in [0, 0.1) is 0 Å². The Morgan fingerprint density at radius 2 is 1.17 bits per heavy atom. The molecule has 8 heteroatoms. The van der Waals surface area contributed by atoms with Crippen LogP contribution in [-0.2, 0) is 0 Å². The fraction of sp³-hybridized carbons (Fsp3) is 0.200. The molecule has 0 saturated carbocycles.